The van der Waals surface area contributed by atoms with Gasteiger partial charge in [0, 0.05) is 43.8 Å². The van der Waals surface area contributed by atoms with Crippen molar-refractivity contribution in [2.24, 2.45) is 0 Å². The van der Waals surface area contributed by atoms with Gasteiger partial charge in [0.2, 0.25) is 11.9 Å². The van der Waals surface area contributed by atoms with Crippen LogP contribution in [-0.2, 0) is 26.1 Å². The average molecular weight is 376 g/mol. The minimum Gasteiger partial charge on any atom is -0.378 e. The molecule has 1 aromatic rings. The fourth-order valence-electron chi connectivity index (χ4n) is 4.52. The van der Waals surface area contributed by atoms with Gasteiger partial charge >= 0.3 is 0 Å². The van der Waals surface area contributed by atoms with E-state index in [4.69, 9.17) is 14.5 Å². The van der Waals surface area contributed by atoms with Crippen LogP contribution in [0, 0.1) is 0 Å². The van der Waals surface area contributed by atoms with Crippen LogP contribution in [0.25, 0.3) is 0 Å². The first-order valence-corrected chi connectivity index (χ1v) is 9.95. The summed E-state index contributed by atoms with van der Waals surface area (Å²) in [6.45, 7) is 6.80. The van der Waals surface area contributed by atoms with Crippen LogP contribution in [0.3, 0.4) is 0 Å². The Labute approximate surface area is 158 Å². The molecular formula is C19H28N4O4. The van der Waals surface area contributed by atoms with Crippen LogP contribution in [0.15, 0.2) is 4.79 Å². The van der Waals surface area contributed by atoms with Gasteiger partial charge in [-0.3, -0.25) is 14.6 Å². The average Bonchev–Trinajstić information content (AvgIpc) is 3.06. The number of anilines is 1. The predicted octanol–water partition coefficient (Wildman–Crippen LogP) is 0.449. The summed E-state index contributed by atoms with van der Waals surface area (Å²) >= 11 is 0. The zero-order valence-electron chi connectivity index (χ0n) is 16.0. The van der Waals surface area contributed by atoms with E-state index in [1.807, 2.05) is 11.8 Å². The Morgan fingerprint density at radius 1 is 1.22 bits per heavy atom. The van der Waals surface area contributed by atoms with Crippen molar-refractivity contribution >= 4 is 11.9 Å². The van der Waals surface area contributed by atoms with Gasteiger partial charge in [-0.2, -0.15) is 0 Å². The van der Waals surface area contributed by atoms with Gasteiger partial charge < -0.3 is 19.3 Å². The molecule has 3 aliphatic rings. The largest absolute Gasteiger partial charge is 0.378 e. The van der Waals surface area contributed by atoms with Crippen LogP contribution in [0.1, 0.15) is 37.4 Å². The van der Waals surface area contributed by atoms with E-state index in [9.17, 15) is 9.59 Å². The van der Waals surface area contributed by atoms with Crippen LogP contribution >= 0.6 is 0 Å². The molecule has 0 bridgehead atoms. The molecule has 148 valence electrons. The maximum absolute atomic E-state index is 12.7. The first-order chi connectivity index (χ1) is 13.1. The SMILES string of the molecule is CCOCC(=O)N1CCC2(CCc3c2nc(N2CCOCC2)[nH]c3=O)CC1. The third kappa shape index (κ3) is 3.48. The fourth-order valence-corrected chi connectivity index (χ4v) is 4.52. The number of aromatic amines is 1. The Hall–Kier alpha value is -1.93. The van der Waals surface area contributed by atoms with E-state index in [1.165, 1.54) is 0 Å². The lowest BCUT2D eigenvalue weighted by Gasteiger charge is -2.39. The molecular weight excluding hydrogens is 348 g/mol. The number of nitrogens with one attached hydrogen (secondary N) is 1. The van der Waals surface area contributed by atoms with Gasteiger partial charge in [-0.1, -0.05) is 0 Å². The van der Waals surface area contributed by atoms with Crippen molar-refractivity contribution in [1.82, 2.24) is 14.9 Å². The molecule has 1 amide bonds. The van der Waals surface area contributed by atoms with Crippen molar-refractivity contribution < 1.29 is 14.3 Å². The van der Waals surface area contributed by atoms with E-state index >= 15 is 0 Å². The summed E-state index contributed by atoms with van der Waals surface area (Å²) in [5, 5.41) is 0. The fraction of sp³-hybridized carbons (Fsp3) is 0.737. The number of amides is 1. The van der Waals surface area contributed by atoms with Crippen LogP contribution in [0.2, 0.25) is 0 Å². The predicted molar refractivity (Wildman–Crippen MR) is 100 cm³/mol. The molecule has 0 atom stereocenters. The molecule has 1 N–H and O–H groups in total. The first-order valence-electron chi connectivity index (χ1n) is 9.95. The number of fused-ring (bicyclic) bond motifs is 2. The molecule has 2 aliphatic heterocycles. The third-order valence-corrected chi connectivity index (χ3v) is 6.17. The Morgan fingerprint density at radius 2 is 1.96 bits per heavy atom. The topological polar surface area (TPSA) is 87.8 Å². The van der Waals surface area contributed by atoms with Crippen LogP contribution in [-0.4, -0.2) is 73.4 Å². The highest BCUT2D eigenvalue weighted by atomic mass is 16.5. The second kappa shape index (κ2) is 7.59. The zero-order valence-corrected chi connectivity index (χ0v) is 16.0. The summed E-state index contributed by atoms with van der Waals surface area (Å²) < 4.78 is 10.7. The van der Waals surface area contributed by atoms with E-state index in [0.717, 1.165) is 50.0 Å². The van der Waals surface area contributed by atoms with Crippen molar-refractivity contribution in [3.8, 4) is 0 Å². The van der Waals surface area contributed by atoms with Crippen molar-refractivity contribution in [2.45, 2.75) is 38.0 Å². The highest BCUT2D eigenvalue weighted by Crippen LogP contribution is 2.44. The standard InChI is InChI=1S/C19H28N4O4/c1-2-26-13-15(24)22-7-5-19(6-8-22)4-3-14-16(19)20-18(21-17(14)25)23-9-11-27-12-10-23/h2-13H2,1H3,(H,20,21,25). The van der Waals surface area contributed by atoms with Crippen molar-refractivity contribution in [1.29, 1.82) is 0 Å². The monoisotopic (exact) mass is 376 g/mol. The Bertz CT molecular complexity index is 749. The summed E-state index contributed by atoms with van der Waals surface area (Å²) in [6.07, 6.45) is 3.43. The lowest BCUT2D eigenvalue weighted by atomic mass is 9.76. The summed E-state index contributed by atoms with van der Waals surface area (Å²) in [6, 6.07) is 0. The molecule has 8 nitrogen and oxygen atoms in total. The van der Waals surface area contributed by atoms with E-state index in [0.29, 0.717) is 38.9 Å². The molecule has 0 saturated carbocycles. The second-order valence-corrected chi connectivity index (χ2v) is 7.61. The number of H-pyrrole nitrogens is 1. The van der Waals surface area contributed by atoms with Crippen LogP contribution in [0.5, 0.6) is 0 Å². The molecule has 1 aliphatic carbocycles. The molecule has 3 heterocycles. The molecule has 4 rings (SSSR count). The molecule has 1 spiro atoms. The summed E-state index contributed by atoms with van der Waals surface area (Å²) in [5.41, 5.74) is 1.71. The Balaban J connectivity index is 1.53. The minimum absolute atomic E-state index is 0.00628. The second-order valence-electron chi connectivity index (χ2n) is 7.61. The number of rotatable bonds is 4. The van der Waals surface area contributed by atoms with E-state index < -0.39 is 0 Å². The van der Waals surface area contributed by atoms with E-state index in [1.54, 1.807) is 0 Å². The van der Waals surface area contributed by atoms with Crippen LogP contribution < -0.4 is 10.5 Å². The van der Waals surface area contributed by atoms with Crippen molar-refractivity contribution in [3.63, 3.8) is 0 Å². The molecule has 27 heavy (non-hydrogen) atoms. The molecule has 0 aromatic carbocycles. The molecule has 2 saturated heterocycles. The number of morpholine rings is 1. The highest BCUT2D eigenvalue weighted by molar-refractivity contribution is 5.77. The zero-order chi connectivity index (χ0) is 18.9. The molecule has 8 heteroatoms. The Morgan fingerprint density at radius 3 is 2.67 bits per heavy atom. The highest BCUT2D eigenvalue weighted by Gasteiger charge is 2.44. The number of carbonyl (C=O) groups is 1. The Kier molecular flexibility index (Phi) is 5.19. The quantitative estimate of drug-likeness (QED) is 0.821. The first kappa shape index (κ1) is 18.4. The summed E-state index contributed by atoms with van der Waals surface area (Å²) in [4.78, 5) is 36.8. The van der Waals surface area contributed by atoms with Crippen LogP contribution in [0.4, 0.5) is 5.95 Å². The molecule has 1 aromatic heterocycles. The summed E-state index contributed by atoms with van der Waals surface area (Å²) in [7, 11) is 0. The lowest BCUT2D eigenvalue weighted by molar-refractivity contribution is -0.137. The number of carbonyl (C=O) groups excluding carboxylic acids is 1. The van der Waals surface area contributed by atoms with Gasteiger partial charge in [0.25, 0.3) is 5.56 Å². The number of hydrogen-bond donors (Lipinski definition) is 1. The molecule has 2 fully saturated rings. The smallest absolute Gasteiger partial charge is 0.255 e. The number of piperidine rings is 1. The van der Waals surface area contributed by atoms with Crippen molar-refractivity contribution in [2.75, 3.05) is 57.5 Å². The summed E-state index contributed by atoms with van der Waals surface area (Å²) in [5.74, 6) is 0.718. The van der Waals surface area contributed by atoms with Gasteiger partial charge in [0.15, 0.2) is 0 Å². The molecule has 0 unspecified atom stereocenters. The van der Waals surface area contributed by atoms with Gasteiger partial charge in [0.1, 0.15) is 6.61 Å². The normalized spacial score (nSPS) is 21.5. The van der Waals surface area contributed by atoms with Crippen molar-refractivity contribution in [3.05, 3.63) is 21.6 Å². The number of hydrogen-bond acceptors (Lipinski definition) is 6. The van der Waals surface area contributed by atoms with E-state index in [2.05, 4.69) is 9.88 Å². The number of aromatic nitrogens is 2. The molecule has 0 radical (unpaired) electrons. The lowest BCUT2D eigenvalue weighted by Crippen LogP contribution is -2.46. The maximum Gasteiger partial charge on any atom is 0.255 e. The van der Waals surface area contributed by atoms with Gasteiger partial charge in [0.05, 0.1) is 18.9 Å². The van der Waals surface area contributed by atoms with Gasteiger partial charge in [-0.05, 0) is 32.6 Å². The number of likely N-dealkylation sites (tertiary alicyclic amines) is 1. The number of ether oxygens (including phenoxy) is 2. The minimum atomic E-state index is -0.0764. The maximum atomic E-state index is 12.7. The number of nitrogens with zero attached hydrogens (tertiary/aromatic N) is 3. The van der Waals surface area contributed by atoms with Gasteiger partial charge in [-0.25, -0.2) is 4.98 Å². The van der Waals surface area contributed by atoms with E-state index in [-0.39, 0.29) is 23.5 Å². The third-order valence-electron chi connectivity index (χ3n) is 6.17. The van der Waals surface area contributed by atoms with Gasteiger partial charge in [-0.15, -0.1) is 0 Å².